The molecule has 5 rings (SSSR count). The molecule has 1 aromatic carbocycles. The van der Waals surface area contributed by atoms with Crippen molar-refractivity contribution in [1.29, 1.82) is 0 Å². The monoisotopic (exact) mass is 498 g/mol. The molecule has 3 aromatic rings. The average molecular weight is 499 g/mol. The minimum absolute atomic E-state index is 0. The second kappa shape index (κ2) is 9.66. The van der Waals surface area contributed by atoms with Crippen molar-refractivity contribution in [2.45, 2.75) is 38.6 Å². The molecular formula is C22H27BrN8O. The van der Waals surface area contributed by atoms with Crippen LogP contribution in [0.5, 0.6) is 0 Å². The molecule has 2 aliphatic rings. The summed E-state index contributed by atoms with van der Waals surface area (Å²) in [6.07, 6.45) is 5.07. The minimum Gasteiger partial charge on any atom is -0.348 e. The Hall–Kier alpha value is -2.98. The molecule has 1 saturated carbocycles. The SMILES string of the molecule is C.O=C(N[C@@H]1CCNC1)c1ccc(Nc2ncc(Br)c(Nc3cc(C4CC4)[nH]n3)n2)cc1. The van der Waals surface area contributed by atoms with Gasteiger partial charge in [-0.2, -0.15) is 10.1 Å². The molecule has 1 amide bonds. The number of carbonyl (C=O) groups is 1. The molecule has 1 atom stereocenters. The zero-order chi connectivity index (χ0) is 21.2. The third-order valence-corrected chi connectivity index (χ3v) is 5.98. The lowest BCUT2D eigenvalue weighted by molar-refractivity contribution is 0.0940. The number of rotatable bonds is 7. The number of nitrogens with one attached hydrogen (secondary N) is 5. The molecule has 0 spiro atoms. The smallest absolute Gasteiger partial charge is 0.251 e. The van der Waals surface area contributed by atoms with Crippen molar-refractivity contribution in [2.75, 3.05) is 23.7 Å². The molecule has 2 fully saturated rings. The van der Waals surface area contributed by atoms with Crippen LogP contribution in [0.4, 0.5) is 23.3 Å². The van der Waals surface area contributed by atoms with E-state index in [0.29, 0.717) is 23.2 Å². The van der Waals surface area contributed by atoms with E-state index >= 15 is 0 Å². The van der Waals surface area contributed by atoms with E-state index in [-0.39, 0.29) is 19.4 Å². The summed E-state index contributed by atoms with van der Waals surface area (Å²) < 4.78 is 0.738. The van der Waals surface area contributed by atoms with E-state index in [1.165, 1.54) is 12.8 Å². The van der Waals surface area contributed by atoms with Crippen molar-refractivity contribution in [3.8, 4) is 0 Å². The highest BCUT2D eigenvalue weighted by atomic mass is 79.9. The van der Waals surface area contributed by atoms with Crippen molar-refractivity contribution in [3.63, 3.8) is 0 Å². The molecule has 10 heteroatoms. The maximum atomic E-state index is 12.4. The van der Waals surface area contributed by atoms with Crippen molar-refractivity contribution in [2.24, 2.45) is 0 Å². The summed E-state index contributed by atoms with van der Waals surface area (Å²) in [5.74, 6) is 2.33. The number of halogens is 1. The van der Waals surface area contributed by atoms with Gasteiger partial charge in [0.05, 0.1) is 4.47 Å². The fraction of sp³-hybridized carbons (Fsp3) is 0.364. The molecule has 1 saturated heterocycles. The predicted molar refractivity (Wildman–Crippen MR) is 129 cm³/mol. The predicted octanol–water partition coefficient (Wildman–Crippen LogP) is 4.05. The Bertz CT molecular complexity index is 1070. The third kappa shape index (κ3) is 5.25. The molecule has 1 aliphatic heterocycles. The number of benzene rings is 1. The van der Waals surface area contributed by atoms with Crippen molar-refractivity contribution in [3.05, 3.63) is 52.3 Å². The molecule has 2 aromatic heterocycles. The fourth-order valence-corrected chi connectivity index (χ4v) is 3.81. The van der Waals surface area contributed by atoms with Crippen molar-refractivity contribution >= 4 is 45.1 Å². The standard InChI is InChI=1S/C21H23BrN8O.CH4/c22-16-11-24-21(28-19(16)27-18-9-17(29-30-18)12-1-2-12)26-14-5-3-13(4-6-14)20(31)25-15-7-8-23-10-15;/h3-6,9,11-12,15,23H,1-2,7-8,10H2,(H,25,31)(H3,24,26,27,28,29,30);1H4/t15-;/m1./s1. The molecule has 1 aliphatic carbocycles. The second-order valence-corrected chi connectivity index (χ2v) is 8.72. The second-order valence-electron chi connectivity index (χ2n) is 7.86. The van der Waals surface area contributed by atoms with Crippen LogP contribution in [0, 0.1) is 0 Å². The zero-order valence-corrected chi connectivity index (χ0v) is 18.4. The van der Waals surface area contributed by atoms with Gasteiger partial charge in [-0.3, -0.25) is 9.89 Å². The van der Waals surface area contributed by atoms with Gasteiger partial charge >= 0.3 is 0 Å². The van der Waals surface area contributed by atoms with Gasteiger partial charge in [0.1, 0.15) is 0 Å². The Morgan fingerprint density at radius 1 is 1.12 bits per heavy atom. The average Bonchev–Trinajstić information content (AvgIpc) is 3.29. The van der Waals surface area contributed by atoms with E-state index < -0.39 is 0 Å². The van der Waals surface area contributed by atoms with Gasteiger partial charge in [0.25, 0.3) is 5.91 Å². The normalized spacial score (nSPS) is 17.5. The molecule has 3 heterocycles. The van der Waals surface area contributed by atoms with Gasteiger partial charge in [-0.25, -0.2) is 4.98 Å². The summed E-state index contributed by atoms with van der Waals surface area (Å²) in [7, 11) is 0. The molecule has 0 unspecified atom stereocenters. The molecule has 168 valence electrons. The van der Waals surface area contributed by atoms with Crippen molar-refractivity contribution < 1.29 is 4.79 Å². The lowest BCUT2D eigenvalue weighted by atomic mass is 10.1. The Labute approximate surface area is 195 Å². The van der Waals surface area contributed by atoms with Gasteiger partial charge in [0.15, 0.2) is 11.6 Å². The summed E-state index contributed by atoms with van der Waals surface area (Å²) in [4.78, 5) is 21.2. The van der Waals surface area contributed by atoms with Gasteiger partial charge in [0, 0.05) is 47.7 Å². The van der Waals surface area contributed by atoms with Crippen LogP contribution in [-0.2, 0) is 0 Å². The molecule has 5 N–H and O–H groups in total. The molecule has 32 heavy (non-hydrogen) atoms. The van der Waals surface area contributed by atoms with Crippen LogP contribution in [0.15, 0.2) is 41.0 Å². The highest BCUT2D eigenvalue weighted by Gasteiger charge is 2.25. The van der Waals surface area contributed by atoms with Crippen LogP contribution in [0.3, 0.4) is 0 Å². The van der Waals surface area contributed by atoms with Crippen LogP contribution >= 0.6 is 15.9 Å². The van der Waals surface area contributed by atoms with E-state index in [2.05, 4.69) is 57.4 Å². The Morgan fingerprint density at radius 2 is 1.94 bits per heavy atom. The highest BCUT2D eigenvalue weighted by Crippen LogP contribution is 2.39. The number of anilines is 4. The lowest BCUT2D eigenvalue weighted by Crippen LogP contribution is -2.36. The minimum atomic E-state index is -0.0591. The first kappa shape index (κ1) is 22.2. The third-order valence-electron chi connectivity index (χ3n) is 5.40. The van der Waals surface area contributed by atoms with E-state index in [1.807, 2.05) is 18.2 Å². The van der Waals surface area contributed by atoms with E-state index in [1.54, 1.807) is 18.3 Å². The lowest BCUT2D eigenvalue weighted by Gasteiger charge is -2.12. The van der Waals surface area contributed by atoms with E-state index in [0.717, 1.165) is 41.2 Å². The van der Waals surface area contributed by atoms with Gasteiger partial charge in [-0.1, -0.05) is 7.43 Å². The summed E-state index contributed by atoms with van der Waals surface area (Å²) in [6, 6.07) is 9.49. The largest absolute Gasteiger partial charge is 0.348 e. The van der Waals surface area contributed by atoms with E-state index in [4.69, 9.17) is 0 Å². The number of hydrogen-bond acceptors (Lipinski definition) is 7. The van der Waals surface area contributed by atoms with Crippen molar-refractivity contribution in [1.82, 2.24) is 30.8 Å². The number of hydrogen-bond donors (Lipinski definition) is 5. The van der Waals surface area contributed by atoms with Crippen LogP contribution in [0.2, 0.25) is 0 Å². The van der Waals surface area contributed by atoms with Crippen LogP contribution in [0.1, 0.15) is 48.7 Å². The zero-order valence-electron chi connectivity index (χ0n) is 16.8. The molecule has 9 nitrogen and oxygen atoms in total. The maximum Gasteiger partial charge on any atom is 0.251 e. The number of carbonyl (C=O) groups excluding carboxylic acids is 1. The van der Waals surface area contributed by atoms with Crippen LogP contribution in [0.25, 0.3) is 0 Å². The van der Waals surface area contributed by atoms with Gasteiger partial charge < -0.3 is 21.3 Å². The van der Waals surface area contributed by atoms with E-state index in [9.17, 15) is 4.79 Å². The molecule has 0 radical (unpaired) electrons. The number of nitrogens with zero attached hydrogens (tertiary/aromatic N) is 3. The quantitative estimate of drug-likeness (QED) is 0.333. The van der Waals surface area contributed by atoms with Crippen LogP contribution < -0.4 is 21.3 Å². The fourth-order valence-electron chi connectivity index (χ4n) is 3.52. The summed E-state index contributed by atoms with van der Waals surface area (Å²) in [5.41, 5.74) is 2.57. The molecular weight excluding hydrogens is 472 g/mol. The summed E-state index contributed by atoms with van der Waals surface area (Å²) in [6.45, 7) is 1.77. The Balaban J connectivity index is 0.00000245. The number of aromatic amines is 1. The number of amides is 1. The van der Waals surface area contributed by atoms with Gasteiger partial charge in [-0.05, 0) is 66.0 Å². The summed E-state index contributed by atoms with van der Waals surface area (Å²) >= 11 is 3.48. The maximum absolute atomic E-state index is 12.4. The van der Waals surface area contributed by atoms with Gasteiger partial charge in [-0.15, -0.1) is 0 Å². The highest BCUT2D eigenvalue weighted by molar-refractivity contribution is 9.10. The summed E-state index contributed by atoms with van der Waals surface area (Å²) in [5, 5.41) is 20.1. The first-order chi connectivity index (χ1) is 15.1. The first-order valence-corrected chi connectivity index (χ1v) is 11.2. The number of H-pyrrole nitrogens is 1. The van der Waals surface area contributed by atoms with Gasteiger partial charge in [0.2, 0.25) is 5.95 Å². The Kier molecular flexibility index (Phi) is 6.71. The van der Waals surface area contributed by atoms with Crippen LogP contribution in [-0.4, -0.2) is 45.2 Å². The topological polar surface area (TPSA) is 120 Å². The first-order valence-electron chi connectivity index (χ1n) is 10.4. The number of aromatic nitrogens is 4. The Morgan fingerprint density at radius 3 is 2.66 bits per heavy atom. The molecule has 0 bridgehead atoms.